The molecule has 9 heteroatoms. The molecule has 3 heterocycles. The second-order valence-corrected chi connectivity index (χ2v) is 8.92. The number of hydrogen-bond acceptors (Lipinski definition) is 5. The van der Waals surface area contributed by atoms with Gasteiger partial charge in [0.05, 0.1) is 23.3 Å². The van der Waals surface area contributed by atoms with Crippen molar-refractivity contribution in [1.82, 2.24) is 24.5 Å². The van der Waals surface area contributed by atoms with Gasteiger partial charge in [0, 0.05) is 40.5 Å². The van der Waals surface area contributed by atoms with Crippen molar-refractivity contribution in [3.05, 3.63) is 76.7 Å². The third-order valence-corrected chi connectivity index (χ3v) is 6.07. The van der Waals surface area contributed by atoms with E-state index in [2.05, 4.69) is 33.7 Å². The molecule has 0 aliphatic rings. The minimum atomic E-state index is -0.996. The molecule has 172 valence electrons. The van der Waals surface area contributed by atoms with Crippen LogP contribution in [0.3, 0.4) is 0 Å². The number of rotatable bonds is 6. The number of halogens is 1. The third kappa shape index (κ3) is 3.97. The number of hydrogen-bond donors (Lipinski definition) is 1. The molecular weight excluding hydrogens is 454 g/mol. The second kappa shape index (κ2) is 8.46. The van der Waals surface area contributed by atoms with E-state index in [1.807, 2.05) is 49.5 Å². The Hall–Kier alpha value is -3.91. The number of nitrogens with zero attached hydrogens (tertiary/aromatic N) is 5. The summed E-state index contributed by atoms with van der Waals surface area (Å²) in [4.78, 5) is 15.7. The summed E-state index contributed by atoms with van der Waals surface area (Å²) in [5, 5.41) is 19.0. The van der Waals surface area contributed by atoms with Gasteiger partial charge < -0.3 is 14.2 Å². The van der Waals surface area contributed by atoms with Crippen LogP contribution in [0.5, 0.6) is 0 Å². The number of carboxylic acid groups (broad SMARTS) is 1. The Balaban J connectivity index is 1.41. The van der Waals surface area contributed by atoms with Gasteiger partial charge >= 0.3 is 5.97 Å². The number of aromatic carboxylic acids is 1. The van der Waals surface area contributed by atoms with Crippen molar-refractivity contribution in [3.63, 3.8) is 0 Å². The second-order valence-electron chi connectivity index (χ2n) is 8.51. The Morgan fingerprint density at radius 3 is 2.71 bits per heavy atom. The van der Waals surface area contributed by atoms with Crippen LogP contribution in [0.2, 0.25) is 5.02 Å². The van der Waals surface area contributed by atoms with Crippen molar-refractivity contribution in [3.8, 4) is 22.8 Å². The van der Waals surface area contributed by atoms with Crippen LogP contribution in [0.1, 0.15) is 41.4 Å². The number of fused-ring (bicyclic) bond motifs is 1. The van der Waals surface area contributed by atoms with Crippen LogP contribution >= 0.6 is 11.6 Å². The molecule has 0 aliphatic heterocycles. The third-order valence-electron chi connectivity index (χ3n) is 5.77. The number of benzene rings is 2. The molecule has 0 saturated carbocycles. The summed E-state index contributed by atoms with van der Waals surface area (Å²) >= 11 is 6.47. The van der Waals surface area contributed by atoms with Crippen LogP contribution in [0.4, 0.5) is 0 Å². The molecular formula is C25H22ClN5O3. The summed E-state index contributed by atoms with van der Waals surface area (Å²) in [7, 11) is 0. The van der Waals surface area contributed by atoms with E-state index in [1.165, 1.54) is 12.4 Å². The summed E-state index contributed by atoms with van der Waals surface area (Å²) in [5.41, 5.74) is 4.84. The van der Waals surface area contributed by atoms with Crippen LogP contribution in [-0.4, -0.2) is 35.6 Å². The monoisotopic (exact) mass is 475 g/mol. The molecule has 34 heavy (non-hydrogen) atoms. The van der Waals surface area contributed by atoms with E-state index in [-0.39, 0.29) is 5.56 Å². The minimum absolute atomic E-state index is 0.160. The van der Waals surface area contributed by atoms with Crippen molar-refractivity contribution < 1.29 is 14.4 Å². The quantitative estimate of drug-likeness (QED) is 0.331. The first-order valence-corrected chi connectivity index (χ1v) is 11.2. The first-order chi connectivity index (χ1) is 16.3. The highest BCUT2D eigenvalue weighted by molar-refractivity contribution is 6.35. The van der Waals surface area contributed by atoms with E-state index in [4.69, 9.17) is 21.2 Å². The van der Waals surface area contributed by atoms with Crippen LogP contribution in [-0.2, 0) is 6.54 Å². The van der Waals surface area contributed by atoms with Crippen molar-refractivity contribution in [1.29, 1.82) is 0 Å². The van der Waals surface area contributed by atoms with Gasteiger partial charge in [-0.15, -0.1) is 0 Å². The Morgan fingerprint density at radius 1 is 1.18 bits per heavy atom. The van der Waals surface area contributed by atoms with E-state index in [1.54, 1.807) is 4.68 Å². The average Bonchev–Trinajstić information content (AvgIpc) is 3.53. The molecule has 0 saturated heterocycles. The van der Waals surface area contributed by atoms with Gasteiger partial charge in [0.25, 0.3) is 5.89 Å². The predicted molar refractivity (Wildman–Crippen MR) is 129 cm³/mol. The van der Waals surface area contributed by atoms with Gasteiger partial charge in [-0.3, -0.25) is 4.68 Å². The Bertz CT molecular complexity index is 1530. The van der Waals surface area contributed by atoms with Gasteiger partial charge in [-0.05, 0) is 50.1 Å². The first kappa shape index (κ1) is 21.9. The Kier molecular flexibility index (Phi) is 5.45. The summed E-state index contributed by atoms with van der Waals surface area (Å²) in [5.74, 6) is -0.0756. The predicted octanol–water partition coefficient (Wildman–Crippen LogP) is 5.84. The van der Waals surface area contributed by atoms with Gasteiger partial charge in [-0.2, -0.15) is 10.1 Å². The SMILES string of the molecule is Cc1cc(Cn2cc(C(=O)O)cn2)ccc1-c1noc(-c2ccc3c(c2)c(Cl)cn3C(C)C)n1. The average molecular weight is 476 g/mol. The van der Waals surface area contributed by atoms with E-state index in [0.717, 1.165) is 33.2 Å². The molecule has 0 spiro atoms. The molecule has 3 aromatic heterocycles. The van der Waals surface area contributed by atoms with E-state index >= 15 is 0 Å². The summed E-state index contributed by atoms with van der Waals surface area (Å²) < 4.78 is 9.31. The van der Waals surface area contributed by atoms with Crippen molar-refractivity contribution in [2.45, 2.75) is 33.4 Å². The lowest BCUT2D eigenvalue weighted by molar-refractivity contribution is 0.0696. The molecule has 5 aromatic rings. The minimum Gasteiger partial charge on any atom is -0.478 e. The lowest BCUT2D eigenvalue weighted by Gasteiger charge is -2.08. The van der Waals surface area contributed by atoms with Crippen LogP contribution in [0.25, 0.3) is 33.7 Å². The normalized spacial score (nSPS) is 11.6. The molecule has 5 rings (SSSR count). The smallest absolute Gasteiger partial charge is 0.338 e. The lowest BCUT2D eigenvalue weighted by Crippen LogP contribution is -2.01. The fraction of sp³-hybridized carbons (Fsp3) is 0.200. The molecule has 1 N–H and O–H groups in total. The molecule has 2 aromatic carbocycles. The first-order valence-electron chi connectivity index (χ1n) is 10.8. The zero-order valence-electron chi connectivity index (χ0n) is 18.9. The molecule has 0 atom stereocenters. The molecule has 0 bridgehead atoms. The highest BCUT2D eigenvalue weighted by atomic mass is 35.5. The van der Waals surface area contributed by atoms with Crippen molar-refractivity contribution >= 4 is 28.5 Å². The lowest BCUT2D eigenvalue weighted by atomic mass is 10.0. The Labute approximate surface area is 200 Å². The molecule has 0 fully saturated rings. The van der Waals surface area contributed by atoms with Gasteiger partial charge in [0.15, 0.2) is 0 Å². The largest absolute Gasteiger partial charge is 0.478 e. The maximum absolute atomic E-state index is 11.1. The van der Waals surface area contributed by atoms with Crippen LogP contribution in [0, 0.1) is 6.92 Å². The van der Waals surface area contributed by atoms with E-state index in [0.29, 0.717) is 29.3 Å². The van der Waals surface area contributed by atoms with Gasteiger partial charge in [-0.1, -0.05) is 35.0 Å². The highest BCUT2D eigenvalue weighted by Crippen LogP contribution is 2.33. The highest BCUT2D eigenvalue weighted by Gasteiger charge is 2.16. The van der Waals surface area contributed by atoms with Crippen LogP contribution < -0.4 is 0 Å². The molecule has 0 aliphatic carbocycles. The number of aromatic nitrogens is 5. The van der Waals surface area contributed by atoms with Gasteiger partial charge in [0.2, 0.25) is 5.82 Å². The van der Waals surface area contributed by atoms with E-state index < -0.39 is 5.97 Å². The molecule has 0 amide bonds. The summed E-state index contributed by atoms with van der Waals surface area (Å²) in [6.07, 6.45) is 4.79. The van der Waals surface area contributed by atoms with Crippen LogP contribution in [0.15, 0.2) is 59.5 Å². The van der Waals surface area contributed by atoms with E-state index in [9.17, 15) is 4.79 Å². The number of aryl methyl sites for hydroxylation is 1. The summed E-state index contributed by atoms with van der Waals surface area (Å²) in [6.45, 7) is 6.66. The van der Waals surface area contributed by atoms with Crippen molar-refractivity contribution in [2.24, 2.45) is 0 Å². The standard InChI is InChI=1S/C25H22ClN5O3/c1-14(2)31-13-21(26)20-9-17(5-7-22(20)31)24-28-23(29-34-24)19-6-4-16(8-15(19)3)11-30-12-18(10-27-30)25(32)33/h4-10,12-14H,11H2,1-3H3,(H,32,33). The van der Waals surface area contributed by atoms with Gasteiger partial charge in [0.1, 0.15) is 0 Å². The molecule has 0 radical (unpaired) electrons. The van der Waals surface area contributed by atoms with Gasteiger partial charge in [-0.25, -0.2) is 4.79 Å². The topological polar surface area (TPSA) is 99.0 Å². The maximum Gasteiger partial charge on any atom is 0.338 e. The zero-order chi connectivity index (χ0) is 24.0. The van der Waals surface area contributed by atoms with Crippen molar-refractivity contribution in [2.75, 3.05) is 0 Å². The molecule has 0 unspecified atom stereocenters. The number of carboxylic acids is 1. The molecule has 8 nitrogen and oxygen atoms in total. The fourth-order valence-electron chi connectivity index (χ4n) is 4.05. The maximum atomic E-state index is 11.1. The fourth-order valence-corrected chi connectivity index (χ4v) is 4.30. The number of carbonyl (C=O) groups is 1. The Morgan fingerprint density at radius 2 is 2.00 bits per heavy atom. The summed E-state index contributed by atoms with van der Waals surface area (Å²) in [6, 6.07) is 12.1. The zero-order valence-corrected chi connectivity index (χ0v) is 19.6.